The monoisotopic (exact) mass is 276 g/mol. The summed E-state index contributed by atoms with van der Waals surface area (Å²) in [5.41, 5.74) is 1.05. The second kappa shape index (κ2) is 3.86. The van der Waals surface area contributed by atoms with E-state index in [9.17, 15) is 5.11 Å². The molecule has 0 heterocycles. The zero-order valence-electron chi connectivity index (χ0n) is 8.86. The summed E-state index contributed by atoms with van der Waals surface area (Å²) < 4.78 is 1.09. The minimum Gasteiger partial charge on any atom is -0.388 e. The van der Waals surface area contributed by atoms with Crippen LogP contribution >= 0.6 is 15.9 Å². The molecule has 0 amide bonds. The average Bonchev–Trinajstić information content (AvgIpc) is 3.11. The number of hydrogen-bond acceptors (Lipinski definition) is 1. The normalized spacial score (nSPS) is 17.6. The fourth-order valence-electron chi connectivity index (χ4n) is 2.10. The Labute approximate surface area is 103 Å². The fraction of sp³-hybridized carbons (Fsp3) is 0.286. The lowest BCUT2D eigenvalue weighted by molar-refractivity contribution is 0.154. The van der Waals surface area contributed by atoms with Crippen LogP contribution in [0.4, 0.5) is 0 Å². The van der Waals surface area contributed by atoms with Crippen LogP contribution < -0.4 is 0 Å². The molecule has 1 saturated carbocycles. The molecule has 1 unspecified atom stereocenters. The van der Waals surface area contributed by atoms with Gasteiger partial charge < -0.3 is 5.11 Å². The molecule has 2 aromatic carbocycles. The van der Waals surface area contributed by atoms with Crippen LogP contribution in [0.1, 0.15) is 24.5 Å². The Morgan fingerprint density at radius 1 is 1.06 bits per heavy atom. The van der Waals surface area contributed by atoms with E-state index in [-0.39, 0.29) is 6.10 Å². The maximum absolute atomic E-state index is 10.1. The van der Waals surface area contributed by atoms with E-state index in [0.717, 1.165) is 10.0 Å². The van der Waals surface area contributed by atoms with Crippen LogP contribution in [0.25, 0.3) is 10.8 Å². The summed E-state index contributed by atoms with van der Waals surface area (Å²) in [7, 11) is 0. The van der Waals surface area contributed by atoms with Crippen LogP contribution in [0.2, 0.25) is 0 Å². The Hall–Kier alpha value is -0.860. The Bertz CT molecular complexity index is 531. The molecule has 2 heteroatoms. The molecule has 0 aromatic heterocycles. The van der Waals surface area contributed by atoms with Gasteiger partial charge in [0.25, 0.3) is 0 Å². The Morgan fingerprint density at radius 3 is 2.50 bits per heavy atom. The van der Waals surface area contributed by atoms with Crippen molar-refractivity contribution < 1.29 is 5.11 Å². The van der Waals surface area contributed by atoms with Crippen LogP contribution in [0.15, 0.2) is 40.9 Å². The highest BCUT2D eigenvalue weighted by molar-refractivity contribution is 9.10. The van der Waals surface area contributed by atoms with Gasteiger partial charge in [-0.2, -0.15) is 0 Å². The number of benzene rings is 2. The van der Waals surface area contributed by atoms with Gasteiger partial charge in [-0.15, -0.1) is 0 Å². The van der Waals surface area contributed by atoms with Crippen molar-refractivity contribution in [1.82, 2.24) is 0 Å². The molecule has 1 atom stereocenters. The Balaban J connectivity index is 2.05. The van der Waals surface area contributed by atoms with E-state index in [1.54, 1.807) is 0 Å². The third-order valence-electron chi connectivity index (χ3n) is 3.24. The standard InChI is InChI=1S/C14H13BrO/c15-13-6-5-10-7-12(4-3-11(10)8-13)14(16)9-1-2-9/h3-9,14,16H,1-2H2. The third kappa shape index (κ3) is 1.87. The first-order valence-corrected chi connectivity index (χ1v) is 6.40. The highest BCUT2D eigenvalue weighted by atomic mass is 79.9. The largest absolute Gasteiger partial charge is 0.388 e. The Morgan fingerprint density at radius 2 is 1.75 bits per heavy atom. The molecular formula is C14H13BrO. The molecule has 0 radical (unpaired) electrons. The molecule has 0 saturated heterocycles. The molecule has 1 aliphatic carbocycles. The van der Waals surface area contributed by atoms with Crippen molar-refractivity contribution in [3.63, 3.8) is 0 Å². The van der Waals surface area contributed by atoms with E-state index in [2.05, 4.69) is 40.2 Å². The summed E-state index contributed by atoms with van der Waals surface area (Å²) >= 11 is 3.46. The summed E-state index contributed by atoms with van der Waals surface area (Å²) in [6, 6.07) is 12.4. The lowest BCUT2D eigenvalue weighted by atomic mass is 10.0. The number of rotatable bonds is 2. The minimum absolute atomic E-state index is 0.270. The summed E-state index contributed by atoms with van der Waals surface area (Å²) in [5, 5.41) is 12.5. The van der Waals surface area contributed by atoms with Gasteiger partial charge >= 0.3 is 0 Å². The van der Waals surface area contributed by atoms with Crippen LogP contribution in [-0.4, -0.2) is 5.11 Å². The maximum atomic E-state index is 10.1. The summed E-state index contributed by atoms with van der Waals surface area (Å²) in [6.07, 6.45) is 2.06. The number of fused-ring (bicyclic) bond motifs is 1. The van der Waals surface area contributed by atoms with Gasteiger partial charge in [0.1, 0.15) is 0 Å². The summed E-state index contributed by atoms with van der Waals surface area (Å²) in [4.78, 5) is 0. The van der Waals surface area contributed by atoms with E-state index < -0.39 is 0 Å². The SMILES string of the molecule is OC(c1ccc2cc(Br)ccc2c1)C1CC1. The highest BCUT2D eigenvalue weighted by Crippen LogP contribution is 2.41. The fourth-order valence-corrected chi connectivity index (χ4v) is 2.48. The van der Waals surface area contributed by atoms with E-state index >= 15 is 0 Å². The molecule has 0 spiro atoms. The Kier molecular flexibility index (Phi) is 2.49. The van der Waals surface area contributed by atoms with Gasteiger partial charge in [0.15, 0.2) is 0 Å². The molecular weight excluding hydrogens is 264 g/mol. The zero-order chi connectivity index (χ0) is 11.1. The second-order valence-corrected chi connectivity index (χ2v) is 5.45. The lowest BCUT2D eigenvalue weighted by Gasteiger charge is -2.10. The molecule has 0 aliphatic heterocycles. The molecule has 1 fully saturated rings. The van der Waals surface area contributed by atoms with Crippen molar-refractivity contribution in [1.29, 1.82) is 0 Å². The summed E-state index contributed by atoms with van der Waals surface area (Å²) in [6.45, 7) is 0. The van der Waals surface area contributed by atoms with Crippen molar-refractivity contribution in [2.45, 2.75) is 18.9 Å². The molecule has 1 N–H and O–H groups in total. The van der Waals surface area contributed by atoms with E-state index in [1.165, 1.54) is 23.6 Å². The maximum Gasteiger partial charge on any atom is 0.0818 e. The quantitative estimate of drug-likeness (QED) is 0.878. The summed E-state index contributed by atoms with van der Waals surface area (Å²) in [5.74, 6) is 0.493. The molecule has 82 valence electrons. The third-order valence-corrected chi connectivity index (χ3v) is 3.73. The van der Waals surface area contributed by atoms with Gasteiger partial charge in [0, 0.05) is 4.47 Å². The van der Waals surface area contributed by atoms with Crippen molar-refractivity contribution in [2.75, 3.05) is 0 Å². The van der Waals surface area contributed by atoms with Crippen LogP contribution in [0.3, 0.4) is 0 Å². The van der Waals surface area contributed by atoms with Crippen molar-refractivity contribution in [2.24, 2.45) is 5.92 Å². The minimum atomic E-state index is -0.270. The topological polar surface area (TPSA) is 20.2 Å². The van der Waals surface area contributed by atoms with Crippen molar-refractivity contribution >= 4 is 26.7 Å². The lowest BCUT2D eigenvalue weighted by Crippen LogP contribution is -1.98. The number of aliphatic hydroxyl groups is 1. The predicted octanol–water partition coefficient (Wildman–Crippen LogP) is 4.05. The van der Waals surface area contributed by atoms with Gasteiger partial charge in [0.2, 0.25) is 0 Å². The van der Waals surface area contributed by atoms with E-state index in [0.29, 0.717) is 5.92 Å². The number of halogens is 1. The molecule has 1 aliphatic rings. The van der Waals surface area contributed by atoms with Gasteiger partial charge in [-0.1, -0.05) is 34.1 Å². The predicted molar refractivity (Wildman–Crippen MR) is 69.3 cm³/mol. The number of hydrogen-bond donors (Lipinski definition) is 1. The smallest absolute Gasteiger partial charge is 0.0818 e. The first kappa shape index (κ1) is 10.3. The van der Waals surface area contributed by atoms with E-state index in [4.69, 9.17) is 0 Å². The van der Waals surface area contributed by atoms with Crippen LogP contribution in [-0.2, 0) is 0 Å². The molecule has 2 aromatic rings. The van der Waals surface area contributed by atoms with Gasteiger partial charge in [-0.3, -0.25) is 0 Å². The zero-order valence-corrected chi connectivity index (χ0v) is 10.4. The molecule has 1 nitrogen and oxygen atoms in total. The van der Waals surface area contributed by atoms with Crippen LogP contribution in [0.5, 0.6) is 0 Å². The molecule has 0 bridgehead atoms. The van der Waals surface area contributed by atoms with Crippen LogP contribution in [0, 0.1) is 5.92 Å². The van der Waals surface area contributed by atoms with Gasteiger partial charge in [-0.25, -0.2) is 0 Å². The second-order valence-electron chi connectivity index (χ2n) is 4.53. The first-order chi connectivity index (χ1) is 7.74. The van der Waals surface area contributed by atoms with Crippen molar-refractivity contribution in [3.8, 4) is 0 Å². The van der Waals surface area contributed by atoms with Gasteiger partial charge in [0.05, 0.1) is 6.10 Å². The highest BCUT2D eigenvalue weighted by Gasteiger charge is 2.30. The first-order valence-electron chi connectivity index (χ1n) is 5.61. The van der Waals surface area contributed by atoms with E-state index in [1.807, 2.05) is 12.1 Å². The number of aliphatic hydroxyl groups excluding tert-OH is 1. The molecule has 16 heavy (non-hydrogen) atoms. The van der Waals surface area contributed by atoms with Gasteiger partial charge in [-0.05, 0) is 53.3 Å². The average molecular weight is 277 g/mol. The molecule has 3 rings (SSSR count). The van der Waals surface area contributed by atoms with Crippen molar-refractivity contribution in [3.05, 3.63) is 46.4 Å².